The first-order valence-corrected chi connectivity index (χ1v) is 5.79. The number of alkyl halides is 3. The number of carbonyl (C=O) groups excluding carboxylic acids is 1. The highest BCUT2D eigenvalue weighted by Crippen LogP contribution is 2.33. The first-order valence-electron chi connectivity index (χ1n) is 5.79. The number of hydrogen-bond acceptors (Lipinski definition) is 2. The lowest BCUT2D eigenvalue weighted by atomic mass is 9.99. The number of nitrogens with one attached hydrogen (secondary N) is 1. The number of aromatic amines is 1. The van der Waals surface area contributed by atoms with Crippen LogP contribution in [0.5, 0.6) is 0 Å². The average Bonchev–Trinajstić information content (AvgIpc) is 2.77. The number of likely N-dealkylation sites (tertiary alicyclic amines) is 1. The van der Waals surface area contributed by atoms with Gasteiger partial charge >= 0.3 is 6.18 Å². The fraction of sp³-hybridized carbons (Fsp3) is 0.636. The van der Waals surface area contributed by atoms with Crippen molar-refractivity contribution in [3.63, 3.8) is 0 Å². The van der Waals surface area contributed by atoms with Crippen molar-refractivity contribution in [3.05, 3.63) is 17.5 Å². The van der Waals surface area contributed by atoms with Crippen LogP contribution in [-0.4, -0.2) is 27.5 Å². The van der Waals surface area contributed by atoms with Gasteiger partial charge in [0.2, 0.25) is 5.91 Å². The third-order valence-corrected chi connectivity index (χ3v) is 3.15. The summed E-state index contributed by atoms with van der Waals surface area (Å²) in [6.45, 7) is 2.01. The third-order valence-electron chi connectivity index (χ3n) is 3.15. The van der Waals surface area contributed by atoms with Crippen molar-refractivity contribution in [2.24, 2.45) is 0 Å². The highest BCUT2D eigenvalue weighted by molar-refractivity contribution is 5.73. The lowest BCUT2D eigenvalue weighted by molar-refractivity contribution is -0.141. The van der Waals surface area contributed by atoms with Crippen LogP contribution in [0.4, 0.5) is 13.2 Å². The van der Waals surface area contributed by atoms with E-state index in [0.29, 0.717) is 18.7 Å². The number of halogens is 3. The molecule has 1 unspecified atom stereocenters. The Kier molecular flexibility index (Phi) is 3.32. The topological polar surface area (TPSA) is 49.0 Å². The zero-order valence-corrected chi connectivity index (χ0v) is 9.92. The molecule has 0 aliphatic carbocycles. The summed E-state index contributed by atoms with van der Waals surface area (Å²) in [6.07, 6.45) is -2.01. The minimum absolute atomic E-state index is 0.122. The van der Waals surface area contributed by atoms with Gasteiger partial charge in [0, 0.05) is 13.5 Å². The molecule has 100 valence electrons. The Labute approximate surface area is 102 Å². The fourth-order valence-electron chi connectivity index (χ4n) is 2.28. The molecule has 1 saturated heterocycles. The monoisotopic (exact) mass is 261 g/mol. The standard InChI is InChI=1S/C11H14F3N3O/c1-7(18)17-5-3-2-4-9(17)8-6-10(16-15-8)11(12,13)14/h6,9H,2-5H2,1H3,(H,15,16). The van der Waals surface area contributed by atoms with Gasteiger partial charge in [-0.25, -0.2) is 0 Å². The lowest BCUT2D eigenvalue weighted by Crippen LogP contribution is -2.37. The van der Waals surface area contributed by atoms with Crippen LogP contribution in [0.15, 0.2) is 6.07 Å². The number of H-pyrrole nitrogens is 1. The number of amides is 1. The first-order chi connectivity index (χ1) is 8.39. The van der Waals surface area contributed by atoms with E-state index in [-0.39, 0.29) is 11.9 Å². The Balaban J connectivity index is 2.24. The summed E-state index contributed by atoms with van der Waals surface area (Å²) in [6, 6.07) is 0.672. The Bertz CT molecular complexity index is 441. The number of hydrogen-bond donors (Lipinski definition) is 1. The molecule has 2 heterocycles. The van der Waals surface area contributed by atoms with Crippen LogP contribution >= 0.6 is 0 Å². The van der Waals surface area contributed by atoms with Gasteiger partial charge in [-0.15, -0.1) is 0 Å². The zero-order valence-electron chi connectivity index (χ0n) is 9.92. The van der Waals surface area contributed by atoms with Crippen molar-refractivity contribution in [2.45, 2.75) is 38.4 Å². The Hall–Kier alpha value is -1.53. The van der Waals surface area contributed by atoms with Crippen LogP contribution in [-0.2, 0) is 11.0 Å². The number of nitrogens with zero attached hydrogens (tertiary/aromatic N) is 2. The molecule has 1 aliphatic heterocycles. The van der Waals surface area contributed by atoms with Gasteiger partial charge in [0.05, 0.1) is 11.7 Å². The van der Waals surface area contributed by atoms with Crippen molar-refractivity contribution in [2.75, 3.05) is 6.54 Å². The highest BCUT2D eigenvalue weighted by atomic mass is 19.4. The largest absolute Gasteiger partial charge is 0.435 e. The Morgan fingerprint density at radius 2 is 2.22 bits per heavy atom. The first kappa shape index (κ1) is 12.9. The second kappa shape index (κ2) is 4.62. The molecular weight excluding hydrogens is 247 g/mol. The maximum absolute atomic E-state index is 12.5. The van der Waals surface area contributed by atoms with Crippen LogP contribution in [0.3, 0.4) is 0 Å². The molecule has 1 fully saturated rings. The van der Waals surface area contributed by atoms with E-state index in [9.17, 15) is 18.0 Å². The number of carbonyl (C=O) groups is 1. The summed E-state index contributed by atoms with van der Waals surface area (Å²) in [5.74, 6) is -0.122. The van der Waals surface area contributed by atoms with Crippen LogP contribution in [0.25, 0.3) is 0 Å². The van der Waals surface area contributed by atoms with Crippen molar-refractivity contribution >= 4 is 5.91 Å². The Morgan fingerprint density at radius 1 is 1.50 bits per heavy atom. The molecule has 0 saturated carbocycles. The minimum atomic E-state index is -4.45. The second-order valence-electron chi connectivity index (χ2n) is 4.43. The molecule has 0 bridgehead atoms. The SMILES string of the molecule is CC(=O)N1CCCCC1c1cc(C(F)(F)F)n[nH]1. The molecule has 1 amide bonds. The quantitative estimate of drug-likeness (QED) is 0.844. The molecule has 0 radical (unpaired) electrons. The van der Waals surface area contributed by atoms with Crippen molar-refractivity contribution in [1.82, 2.24) is 15.1 Å². The predicted molar refractivity (Wildman–Crippen MR) is 57.6 cm³/mol. The molecule has 0 aromatic carbocycles. The van der Waals surface area contributed by atoms with Crippen LogP contribution in [0.2, 0.25) is 0 Å². The van der Waals surface area contributed by atoms with Gasteiger partial charge in [0.1, 0.15) is 0 Å². The van der Waals surface area contributed by atoms with Gasteiger partial charge in [0.25, 0.3) is 0 Å². The van der Waals surface area contributed by atoms with Crippen molar-refractivity contribution in [3.8, 4) is 0 Å². The molecule has 1 aromatic rings. The highest BCUT2D eigenvalue weighted by Gasteiger charge is 2.36. The Morgan fingerprint density at radius 3 is 2.78 bits per heavy atom. The van der Waals surface area contributed by atoms with E-state index >= 15 is 0 Å². The summed E-state index contributed by atoms with van der Waals surface area (Å²) in [4.78, 5) is 13.1. The van der Waals surface area contributed by atoms with Crippen LogP contribution < -0.4 is 0 Å². The van der Waals surface area contributed by atoms with E-state index in [0.717, 1.165) is 18.9 Å². The van der Waals surface area contributed by atoms with Gasteiger partial charge in [-0.2, -0.15) is 18.3 Å². The molecule has 1 aromatic heterocycles. The van der Waals surface area contributed by atoms with E-state index < -0.39 is 11.9 Å². The lowest BCUT2D eigenvalue weighted by Gasteiger charge is -2.34. The summed E-state index contributed by atoms with van der Waals surface area (Å²) in [7, 11) is 0. The van der Waals surface area contributed by atoms with Gasteiger partial charge in [0.15, 0.2) is 5.69 Å². The zero-order chi connectivity index (χ0) is 13.3. The molecule has 4 nitrogen and oxygen atoms in total. The van der Waals surface area contributed by atoms with Crippen molar-refractivity contribution in [1.29, 1.82) is 0 Å². The number of rotatable bonds is 1. The number of piperidine rings is 1. The molecule has 1 aliphatic rings. The average molecular weight is 261 g/mol. The smallest absolute Gasteiger partial charge is 0.334 e. The predicted octanol–water partition coefficient (Wildman–Crippen LogP) is 2.50. The summed E-state index contributed by atoms with van der Waals surface area (Å²) in [5.41, 5.74) is -0.580. The molecule has 0 spiro atoms. The third kappa shape index (κ3) is 2.49. The maximum Gasteiger partial charge on any atom is 0.435 e. The molecular formula is C11H14F3N3O. The normalized spacial score (nSPS) is 21.1. The van der Waals surface area contributed by atoms with E-state index in [1.165, 1.54) is 6.92 Å². The summed E-state index contributed by atoms with van der Waals surface area (Å²) >= 11 is 0. The summed E-state index contributed by atoms with van der Waals surface area (Å²) in [5, 5.41) is 5.67. The van der Waals surface area contributed by atoms with Crippen molar-refractivity contribution < 1.29 is 18.0 Å². The van der Waals surface area contributed by atoms with Gasteiger partial charge in [-0.05, 0) is 25.3 Å². The molecule has 18 heavy (non-hydrogen) atoms. The number of aromatic nitrogens is 2. The molecule has 1 atom stereocenters. The van der Waals surface area contributed by atoms with Gasteiger partial charge < -0.3 is 4.90 Å². The molecule has 2 rings (SSSR count). The van der Waals surface area contributed by atoms with Crippen LogP contribution in [0.1, 0.15) is 43.6 Å². The summed E-state index contributed by atoms with van der Waals surface area (Å²) < 4.78 is 37.4. The second-order valence-corrected chi connectivity index (χ2v) is 4.43. The minimum Gasteiger partial charge on any atom is -0.334 e. The maximum atomic E-state index is 12.5. The molecule has 7 heteroatoms. The molecule has 1 N–H and O–H groups in total. The van der Waals surface area contributed by atoms with E-state index in [1.807, 2.05) is 0 Å². The van der Waals surface area contributed by atoms with Crippen LogP contribution in [0, 0.1) is 0 Å². The van der Waals surface area contributed by atoms with E-state index in [1.54, 1.807) is 4.90 Å². The van der Waals surface area contributed by atoms with Gasteiger partial charge in [-0.1, -0.05) is 0 Å². The van der Waals surface area contributed by atoms with Gasteiger partial charge in [-0.3, -0.25) is 9.89 Å². The fourth-order valence-corrected chi connectivity index (χ4v) is 2.28. The van der Waals surface area contributed by atoms with E-state index in [4.69, 9.17) is 0 Å². The van der Waals surface area contributed by atoms with E-state index in [2.05, 4.69) is 10.2 Å².